The number of furan rings is 1. The van der Waals surface area contributed by atoms with Gasteiger partial charge < -0.3 is 33.4 Å². The summed E-state index contributed by atoms with van der Waals surface area (Å²) in [5.41, 5.74) is 1.02. The molecule has 1 aromatic heterocycles. The van der Waals surface area contributed by atoms with Crippen LogP contribution in [0.5, 0.6) is 17.2 Å². The van der Waals surface area contributed by atoms with Gasteiger partial charge in [0.2, 0.25) is 11.5 Å². The number of aliphatic hydroxyl groups is 1. The van der Waals surface area contributed by atoms with Gasteiger partial charge in [0.1, 0.15) is 5.58 Å². The Morgan fingerprint density at radius 1 is 1.00 bits per heavy atom. The predicted octanol–water partition coefficient (Wildman–Crippen LogP) is 3.76. The number of methoxy groups -OCH3 is 3. The molecule has 206 valence electrons. The van der Waals surface area contributed by atoms with Gasteiger partial charge in [-0.1, -0.05) is 18.2 Å². The van der Waals surface area contributed by atoms with Gasteiger partial charge in [0, 0.05) is 31.6 Å². The minimum Gasteiger partial charge on any atom is -0.503 e. The molecule has 10 nitrogen and oxygen atoms in total. The van der Waals surface area contributed by atoms with Gasteiger partial charge in [-0.3, -0.25) is 14.5 Å². The molecule has 5 rings (SSSR count). The average molecular weight is 537 g/mol. The molecule has 0 bridgehead atoms. The molecule has 1 amide bonds. The third kappa shape index (κ3) is 5.05. The van der Waals surface area contributed by atoms with E-state index in [0.717, 1.165) is 25.0 Å². The SMILES string of the molecule is COc1cc([C@H]2C(C(=O)c3cc4ccccc4o3)=C(O)C(=O)N2CCCN2CCOCC2)cc(OC)c1OC. The first-order valence-electron chi connectivity index (χ1n) is 12.8. The highest BCUT2D eigenvalue weighted by Crippen LogP contribution is 2.45. The van der Waals surface area contributed by atoms with Crippen molar-refractivity contribution in [3.63, 3.8) is 0 Å². The number of fused-ring (bicyclic) bond motifs is 1. The lowest BCUT2D eigenvalue weighted by Crippen LogP contribution is -2.39. The number of ketones is 1. The minimum atomic E-state index is -0.892. The number of para-hydroxylation sites is 1. The summed E-state index contributed by atoms with van der Waals surface area (Å²) >= 11 is 0. The maximum atomic E-state index is 13.9. The summed E-state index contributed by atoms with van der Waals surface area (Å²) in [6, 6.07) is 11.4. The second kappa shape index (κ2) is 11.4. The Morgan fingerprint density at radius 2 is 1.69 bits per heavy atom. The number of rotatable bonds is 10. The van der Waals surface area contributed by atoms with Gasteiger partial charge in [-0.25, -0.2) is 0 Å². The molecular formula is C29H32N2O8. The summed E-state index contributed by atoms with van der Waals surface area (Å²) in [6.45, 7) is 4.07. The van der Waals surface area contributed by atoms with Crippen LogP contribution in [-0.2, 0) is 9.53 Å². The number of hydrogen-bond donors (Lipinski definition) is 1. The van der Waals surface area contributed by atoms with Gasteiger partial charge in [-0.2, -0.15) is 0 Å². The van der Waals surface area contributed by atoms with Gasteiger partial charge in [-0.05, 0) is 36.2 Å². The third-order valence-electron chi connectivity index (χ3n) is 7.18. The van der Waals surface area contributed by atoms with Crippen molar-refractivity contribution < 1.29 is 38.1 Å². The Hall–Kier alpha value is -4.02. The monoisotopic (exact) mass is 536 g/mol. The molecule has 1 N–H and O–H groups in total. The molecule has 10 heteroatoms. The first-order valence-corrected chi connectivity index (χ1v) is 12.8. The van der Waals surface area contributed by atoms with Crippen LogP contribution in [0.25, 0.3) is 11.0 Å². The van der Waals surface area contributed by atoms with E-state index >= 15 is 0 Å². The van der Waals surface area contributed by atoms with Gasteiger partial charge in [0.25, 0.3) is 5.91 Å². The first kappa shape index (κ1) is 26.6. The van der Waals surface area contributed by atoms with Crippen molar-refractivity contribution in [2.45, 2.75) is 12.5 Å². The van der Waals surface area contributed by atoms with Crippen molar-refractivity contribution in [1.29, 1.82) is 0 Å². The van der Waals surface area contributed by atoms with Crippen molar-refractivity contribution in [3.05, 3.63) is 65.1 Å². The van der Waals surface area contributed by atoms with Gasteiger partial charge in [-0.15, -0.1) is 0 Å². The van der Waals surface area contributed by atoms with E-state index in [4.69, 9.17) is 23.4 Å². The smallest absolute Gasteiger partial charge is 0.290 e. The zero-order valence-electron chi connectivity index (χ0n) is 22.3. The van der Waals surface area contributed by atoms with Crippen LogP contribution in [0.1, 0.15) is 28.6 Å². The molecule has 1 atom stereocenters. The van der Waals surface area contributed by atoms with Crippen molar-refractivity contribution in [3.8, 4) is 17.2 Å². The summed E-state index contributed by atoms with van der Waals surface area (Å²) in [7, 11) is 4.49. The van der Waals surface area contributed by atoms with Crippen LogP contribution in [0.3, 0.4) is 0 Å². The van der Waals surface area contributed by atoms with Crippen LogP contribution < -0.4 is 14.2 Å². The number of hydrogen-bond acceptors (Lipinski definition) is 9. The van der Waals surface area contributed by atoms with Gasteiger partial charge in [0.05, 0.1) is 46.2 Å². The Balaban J connectivity index is 1.54. The van der Waals surface area contributed by atoms with E-state index in [2.05, 4.69) is 4.90 Å². The molecule has 2 aliphatic heterocycles. The van der Waals surface area contributed by atoms with E-state index in [0.29, 0.717) is 54.6 Å². The molecule has 3 heterocycles. The van der Waals surface area contributed by atoms with E-state index in [1.165, 1.54) is 26.2 Å². The number of carbonyl (C=O) groups is 2. The van der Waals surface area contributed by atoms with Gasteiger partial charge in [0.15, 0.2) is 23.0 Å². The molecule has 0 radical (unpaired) electrons. The highest BCUT2D eigenvalue weighted by atomic mass is 16.5. The van der Waals surface area contributed by atoms with Crippen molar-refractivity contribution in [2.24, 2.45) is 0 Å². The molecule has 2 aromatic carbocycles. The number of benzene rings is 2. The molecule has 0 spiro atoms. The van der Waals surface area contributed by atoms with E-state index in [9.17, 15) is 14.7 Å². The number of Topliss-reactive ketones (excluding diaryl/α,β-unsaturated/α-hetero) is 1. The second-order valence-electron chi connectivity index (χ2n) is 9.41. The highest BCUT2D eigenvalue weighted by Gasteiger charge is 2.45. The number of ether oxygens (including phenoxy) is 4. The quantitative estimate of drug-likeness (QED) is 0.387. The molecule has 0 unspecified atom stereocenters. The zero-order chi connectivity index (χ0) is 27.5. The normalized spacial score (nSPS) is 18.2. The Labute approximate surface area is 226 Å². The third-order valence-corrected chi connectivity index (χ3v) is 7.18. The van der Waals surface area contributed by atoms with Gasteiger partial charge >= 0.3 is 0 Å². The second-order valence-corrected chi connectivity index (χ2v) is 9.41. The van der Waals surface area contributed by atoms with Crippen molar-refractivity contribution in [1.82, 2.24) is 9.80 Å². The van der Waals surface area contributed by atoms with Crippen molar-refractivity contribution >= 4 is 22.7 Å². The van der Waals surface area contributed by atoms with Crippen molar-refractivity contribution in [2.75, 3.05) is 60.7 Å². The summed E-state index contributed by atoms with van der Waals surface area (Å²) in [5, 5.41) is 11.8. The lowest BCUT2D eigenvalue weighted by molar-refractivity contribution is -0.129. The molecule has 0 aliphatic carbocycles. The van der Waals surface area contributed by atoms with E-state index < -0.39 is 23.5 Å². The molecule has 3 aromatic rings. The summed E-state index contributed by atoms with van der Waals surface area (Å²) in [4.78, 5) is 31.1. The topological polar surface area (TPSA) is 111 Å². The predicted molar refractivity (Wildman–Crippen MR) is 143 cm³/mol. The fourth-order valence-corrected chi connectivity index (χ4v) is 5.24. The number of carbonyl (C=O) groups excluding carboxylic acids is 2. The van der Waals surface area contributed by atoms with E-state index in [1.807, 2.05) is 18.2 Å². The fourth-order valence-electron chi connectivity index (χ4n) is 5.24. The molecule has 1 saturated heterocycles. The Morgan fingerprint density at radius 3 is 2.33 bits per heavy atom. The zero-order valence-corrected chi connectivity index (χ0v) is 22.3. The van der Waals surface area contributed by atoms with Crippen LogP contribution in [-0.4, -0.2) is 87.3 Å². The van der Waals surface area contributed by atoms with Crippen LogP contribution >= 0.6 is 0 Å². The summed E-state index contributed by atoms with van der Waals surface area (Å²) in [6.07, 6.45) is 0.645. The van der Waals surface area contributed by atoms with Crippen LogP contribution in [0.15, 0.2) is 58.2 Å². The van der Waals surface area contributed by atoms with E-state index in [-0.39, 0.29) is 11.3 Å². The van der Waals surface area contributed by atoms with Crippen LogP contribution in [0.2, 0.25) is 0 Å². The number of morpholine rings is 1. The highest BCUT2D eigenvalue weighted by molar-refractivity contribution is 6.16. The molecular weight excluding hydrogens is 504 g/mol. The Bertz CT molecular complexity index is 1350. The fraction of sp³-hybridized carbons (Fsp3) is 0.379. The van der Waals surface area contributed by atoms with E-state index in [1.54, 1.807) is 24.3 Å². The lowest BCUT2D eigenvalue weighted by atomic mass is 9.94. The molecule has 1 fully saturated rings. The summed E-state index contributed by atoms with van der Waals surface area (Å²) < 4.78 is 27.8. The average Bonchev–Trinajstić information content (AvgIpc) is 3.51. The number of aliphatic hydroxyl groups excluding tert-OH is 1. The summed E-state index contributed by atoms with van der Waals surface area (Å²) in [5.74, 6) is -0.611. The lowest BCUT2D eigenvalue weighted by Gasteiger charge is -2.30. The number of nitrogens with zero attached hydrogens (tertiary/aromatic N) is 2. The van der Waals surface area contributed by atoms with Crippen LogP contribution in [0, 0.1) is 0 Å². The minimum absolute atomic E-state index is 0.0400. The maximum absolute atomic E-state index is 13.9. The first-order chi connectivity index (χ1) is 19.0. The molecule has 39 heavy (non-hydrogen) atoms. The Kier molecular flexibility index (Phi) is 7.76. The molecule has 2 aliphatic rings. The van der Waals surface area contributed by atoms with Crippen LogP contribution in [0.4, 0.5) is 0 Å². The maximum Gasteiger partial charge on any atom is 0.290 e. The largest absolute Gasteiger partial charge is 0.503 e. The standard InChI is InChI=1S/C29H32N2O8/c1-35-22-16-19(17-23(36-2)28(22)37-3)25-24(26(32)21-15-18-7-4-5-8-20(18)39-21)27(33)29(34)31(25)10-6-9-30-11-13-38-14-12-30/h4-5,7-8,15-17,25,33H,6,9-14H2,1-3H3/t25-/m0/s1. The molecule has 0 saturated carbocycles. The number of amides is 1.